The fraction of sp³-hybridized carbons (Fsp3) is 0.529. The summed E-state index contributed by atoms with van der Waals surface area (Å²) in [6.07, 6.45) is 0.942. The van der Waals surface area contributed by atoms with Crippen molar-refractivity contribution < 1.29 is 14.3 Å². The van der Waals surface area contributed by atoms with Crippen LogP contribution in [0.25, 0.3) is 0 Å². The summed E-state index contributed by atoms with van der Waals surface area (Å²) >= 11 is 1.61. The van der Waals surface area contributed by atoms with Crippen molar-refractivity contribution in [1.82, 2.24) is 10.2 Å². The molecular weight excluding hydrogens is 312 g/mol. The van der Waals surface area contributed by atoms with Crippen molar-refractivity contribution in [2.24, 2.45) is 5.92 Å². The van der Waals surface area contributed by atoms with E-state index in [4.69, 9.17) is 4.74 Å². The summed E-state index contributed by atoms with van der Waals surface area (Å²) in [6.45, 7) is 4.90. The minimum Gasteiger partial charge on any atom is -0.497 e. The monoisotopic (exact) mass is 336 g/mol. The molecule has 1 aromatic rings. The maximum absolute atomic E-state index is 12.6. The summed E-state index contributed by atoms with van der Waals surface area (Å²) < 4.78 is 5.10. The van der Waals surface area contributed by atoms with E-state index >= 15 is 0 Å². The number of methoxy groups -OCH3 is 1. The van der Waals surface area contributed by atoms with Gasteiger partial charge in [0.05, 0.1) is 13.0 Å². The number of carbonyl (C=O) groups is 2. The van der Waals surface area contributed by atoms with E-state index in [-0.39, 0.29) is 17.9 Å². The molecule has 1 aliphatic heterocycles. The normalized spacial score (nSPS) is 17.4. The van der Waals surface area contributed by atoms with Gasteiger partial charge in [-0.2, -0.15) is 0 Å². The van der Waals surface area contributed by atoms with Crippen LogP contribution in [0, 0.1) is 5.92 Å². The second-order valence-corrected chi connectivity index (χ2v) is 6.99. The fourth-order valence-corrected chi connectivity index (χ4v) is 3.52. The fourth-order valence-electron chi connectivity index (χ4n) is 2.36. The number of ether oxygens (including phenoxy) is 1. The predicted molar refractivity (Wildman–Crippen MR) is 92.7 cm³/mol. The molecule has 1 saturated heterocycles. The highest BCUT2D eigenvalue weighted by Crippen LogP contribution is 2.24. The van der Waals surface area contributed by atoms with E-state index in [1.807, 2.05) is 0 Å². The third kappa shape index (κ3) is 4.64. The van der Waals surface area contributed by atoms with E-state index < -0.39 is 0 Å². The second kappa shape index (κ2) is 8.24. The zero-order valence-corrected chi connectivity index (χ0v) is 14.7. The van der Waals surface area contributed by atoms with E-state index in [1.165, 1.54) is 0 Å². The molecule has 0 radical (unpaired) electrons. The first-order valence-electron chi connectivity index (χ1n) is 7.83. The molecule has 1 fully saturated rings. The van der Waals surface area contributed by atoms with E-state index in [1.54, 1.807) is 48.0 Å². The number of nitrogens with one attached hydrogen (secondary N) is 1. The first kappa shape index (κ1) is 17.7. The summed E-state index contributed by atoms with van der Waals surface area (Å²) in [6, 6.07) is 6.60. The molecule has 1 aromatic carbocycles. The first-order chi connectivity index (χ1) is 11.0. The van der Waals surface area contributed by atoms with Crippen LogP contribution in [0.3, 0.4) is 0 Å². The largest absolute Gasteiger partial charge is 0.497 e. The van der Waals surface area contributed by atoms with E-state index in [9.17, 15) is 9.59 Å². The van der Waals surface area contributed by atoms with Crippen molar-refractivity contribution in [3.05, 3.63) is 29.8 Å². The van der Waals surface area contributed by atoms with Crippen LogP contribution >= 0.6 is 11.8 Å². The van der Waals surface area contributed by atoms with Gasteiger partial charge in [0.25, 0.3) is 5.91 Å². The minimum absolute atomic E-state index is 0.0579. The van der Waals surface area contributed by atoms with Gasteiger partial charge in [0.2, 0.25) is 5.91 Å². The Balaban J connectivity index is 1.99. The van der Waals surface area contributed by atoms with Gasteiger partial charge < -0.3 is 15.0 Å². The smallest absolute Gasteiger partial charge is 0.255 e. The lowest BCUT2D eigenvalue weighted by Crippen LogP contribution is -2.47. The number of thioether (sulfide) groups is 1. The predicted octanol–water partition coefficient (Wildman–Crippen LogP) is 2.37. The Morgan fingerprint density at radius 2 is 2.04 bits per heavy atom. The lowest BCUT2D eigenvalue weighted by atomic mass is 10.1. The third-order valence-electron chi connectivity index (χ3n) is 3.80. The molecule has 0 saturated carbocycles. The first-order valence-corrected chi connectivity index (χ1v) is 8.99. The summed E-state index contributed by atoms with van der Waals surface area (Å²) in [7, 11) is 1.59. The Hall–Kier alpha value is -1.69. The van der Waals surface area contributed by atoms with Crippen LogP contribution in [0.2, 0.25) is 0 Å². The maximum atomic E-state index is 12.6. The molecule has 1 aliphatic rings. The molecule has 0 bridgehead atoms. The van der Waals surface area contributed by atoms with Gasteiger partial charge >= 0.3 is 0 Å². The Bertz CT molecular complexity index is 545. The van der Waals surface area contributed by atoms with Crippen LogP contribution in [0.15, 0.2) is 24.3 Å². The maximum Gasteiger partial charge on any atom is 0.255 e. The van der Waals surface area contributed by atoms with Gasteiger partial charge in [0, 0.05) is 17.9 Å². The second-order valence-electron chi connectivity index (χ2n) is 5.99. The Morgan fingerprint density at radius 1 is 1.35 bits per heavy atom. The SMILES string of the molecule is COc1ccc(C(=O)N2CSCC2C(=O)NCCC(C)C)cc1. The van der Waals surface area contributed by atoms with Gasteiger partial charge in [-0.1, -0.05) is 13.8 Å². The molecule has 6 heteroatoms. The summed E-state index contributed by atoms with van der Waals surface area (Å²) in [4.78, 5) is 26.6. The zero-order valence-electron chi connectivity index (χ0n) is 13.9. The molecule has 126 valence electrons. The van der Waals surface area contributed by atoms with Gasteiger partial charge in [-0.25, -0.2) is 0 Å². The van der Waals surface area contributed by atoms with E-state index in [2.05, 4.69) is 19.2 Å². The molecule has 1 heterocycles. The molecule has 0 aliphatic carbocycles. The molecule has 2 rings (SSSR count). The van der Waals surface area contributed by atoms with Gasteiger partial charge in [-0.3, -0.25) is 9.59 Å². The number of hydrogen-bond acceptors (Lipinski definition) is 4. The molecule has 23 heavy (non-hydrogen) atoms. The van der Waals surface area contributed by atoms with Crippen LogP contribution in [0.5, 0.6) is 5.75 Å². The minimum atomic E-state index is -0.387. The van der Waals surface area contributed by atoms with Gasteiger partial charge in [-0.15, -0.1) is 11.8 Å². The number of amides is 2. The lowest BCUT2D eigenvalue weighted by Gasteiger charge is -2.23. The third-order valence-corrected chi connectivity index (χ3v) is 4.82. The molecule has 1 atom stereocenters. The van der Waals surface area contributed by atoms with Crippen molar-refractivity contribution in [2.45, 2.75) is 26.3 Å². The number of hydrogen-bond donors (Lipinski definition) is 1. The van der Waals surface area contributed by atoms with Gasteiger partial charge in [-0.05, 0) is 36.6 Å². The van der Waals surface area contributed by atoms with Crippen LogP contribution in [0.4, 0.5) is 0 Å². The summed E-state index contributed by atoms with van der Waals surface area (Å²) in [5.41, 5.74) is 0.577. The highest BCUT2D eigenvalue weighted by atomic mass is 32.2. The molecule has 1 N–H and O–H groups in total. The van der Waals surface area contributed by atoms with Crippen molar-refractivity contribution in [3.8, 4) is 5.75 Å². The average molecular weight is 336 g/mol. The standard InChI is InChI=1S/C17H24N2O3S/c1-12(2)8-9-18-16(20)15-10-23-11-19(15)17(21)13-4-6-14(22-3)7-5-13/h4-7,12,15H,8-11H2,1-3H3,(H,18,20). The quantitative estimate of drug-likeness (QED) is 0.866. The highest BCUT2D eigenvalue weighted by Gasteiger charge is 2.34. The molecule has 2 amide bonds. The van der Waals surface area contributed by atoms with Crippen LogP contribution < -0.4 is 10.1 Å². The van der Waals surface area contributed by atoms with Gasteiger partial charge in [0.15, 0.2) is 0 Å². The zero-order chi connectivity index (χ0) is 16.8. The lowest BCUT2D eigenvalue weighted by molar-refractivity contribution is -0.124. The summed E-state index contributed by atoms with van der Waals surface area (Å²) in [5, 5.41) is 2.94. The molecule has 0 aromatic heterocycles. The number of benzene rings is 1. The van der Waals surface area contributed by atoms with Crippen LogP contribution in [-0.4, -0.2) is 48.0 Å². The molecular formula is C17H24N2O3S. The van der Waals surface area contributed by atoms with Crippen molar-refractivity contribution >= 4 is 23.6 Å². The van der Waals surface area contributed by atoms with Crippen molar-refractivity contribution in [1.29, 1.82) is 0 Å². The summed E-state index contributed by atoms with van der Waals surface area (Å²) in [5.74, 6) is 2.28. The van der Waals surface area contributed by atoms with Crippen LogP contribution in [-0.2, 0) is 4.79 Å². The van der Waals surface area contributed by atoms with Crippen molar-refractivity contribution in [2.75, 3.05) is 25.3 Å². The highest BCUT2D eigenvalue weighted by molar-refractivity contribution is 7.99. The number of rotatable bonds is 6. The van der Waals surface area contributed by atoms with E-state index in [0.717, 1.165) is 6.42 Å². The van der Waals surface area contributed by atoms with E-state index in [0.29, 0.717) is 35.4 Å². The number of nitrogens with zero attached hydrogens (tertiary/aromatic N) is 1. The Morgan fingerprint density at radius 3 is 2.65 bits per heavy atom. The van der Waals surface area contributed by atoms with Crippen molar-refractivity contribution in [3.63, 3.8) is 0 Å². The Kier molecular flexibility index (Phi) is 6.33. The Labute approximate surface area is 141 Å². The molecule has 5 nitrogen and oxygen atoms in total. The topological polar surface area (TPSA) is 58.6 Å². The molecule has 1 unspecified atom stereocenters. The number of carbonyl (C=O) groups excluding carboxylic acids is 2. The molecule has 0 spiro atoms. The van der Waals surface area contributed by atoms with Gasteiger partial charge in [0.1, 0.15) is 11.8 Å². The van der Waals surface area contributed by atoms with Crippen LogP contribution in [0.1, 0.15) is 30.6 Å². The average Bonchev–Trinajstić information content (AvgIpc) is 3.03.